The van der Waals surface area contributed by atoms with Crippen LogP contribution < -0.4 is 5.73 Å². The summed E-state index contributed by atoms with van der Waals surface area (Å²) in [4.78, 5) is 12.6. The summed E-state index contributed by atoms with van der Waals surface area (Å²) in [6, 6.07) is -0.194. The second kappa shape index (κ2) is 9.14. The SMILES string of the molecule is CCOCCCN(CC(F)(F)F)C(=O)CCC(C)N. The normalized spacial score (nSPS) is 13.4. The molecule has 1 unspecified atom stereocenters. The quantitative estimate of drug-likeness (QED) is 0.658. The lowest BCUT2D eigenvalue weighted by molar-refractivity contribution is -0.161. The largest absolute Gasteiger partial charge is 0.406 e. The van der Waals surface area contributed by atoms with Gasteiger partial charge in [-0.05, 0) is 26.7 Å². The third-order valence-corrected chi connectivity index (χ3v) is 2.46. The van der Waals surface area contributed by atoms with Crippen molar-refractivity contribution in [3.05, 3.63) is 0 Å². The lowest BCUT2D eigenvalue weighted by Gasteiger charge is -2.24. The Balaban J connectivity index is 4.27. The van der Waals surface area contributed by atoms with Crippen molar-refractivity contribution in [1.29, 1.82) is 0 Å². The lowest BCUT2D eigenvalue weighted by Crippen LogP contribution is -2.40. The average Bonchev–Trinajstić information content (AvgIpc) is 2.28. The van der Waals surface area contributed by atoms with Gasteiger partial charge in [-0.1, -0.05) is 0 Å². The van der Waals surface area contributed by atoms with Crippen LogP contribution in [0.15, 0.2) is 0 Å². The maximum Gasteiger partial charge on any atom is 0.406 e. The summed E-state index contributed by atoms with van der Waals surface area (Å²) < 4.78 is 42.2. The predicted molar refractivity (Wildman–Crippen MR) is 66.6 cm³/mol. The second-order valence-corrected chi connectivity index (χ2v) is 4.50. The van der Waals surface area contributed by atoms with E-state index in [4.69, 9.17) is 10.5 Å². The standard InChI is InChI=1S/C12H23F3N2O2/c1-3-19-8-4-7-17(9-12(13,14)15)11(18)6-5-10(2)16/h10H,3-9,16H2,1-2H3. The molecule has 4 nitrogen and oxygen atoms in total. The van der Waals surface area contributed by atoms with Gasteiger partial charge in [0.15, 0.2) is 0 Å². The van der Waals surface area contributed by atoms with E-state index in [1.165, 1.54) is 0 Å². The zero-order valence-electron chi connectivity index (χ0n) is 11.5. The molecule has 0 aliphatic heterocycles. The van der Waals surface area contributed by atoms with E-state index in [0.717, 1.165) is 4.90 Å². The number of hydrogen-bond donors (Lipinski definition) is 1. The first-order valence-corrected chi connectivity index (χ1v) is 6.44. The average molecular weight is 284 g/mol. The number of halogens is 3. The fourth-order valence-corrected chi connectivity index (χ4v) is 1.52. The molecule has 2 N–H and O–H groups in total. The van der Waals surface area contributed by atoms with E-state index in [0.29, 0.717) is 26.1 Å². The Labute approximate surface area is 112 Å². The highest BCUT2D eigenvalue weighted by molar-refractivity contribution is 5.76. The van der Waals surface area contributed by atoms with Crippen molar-refractivity contribution in [2.75, 3.05) is 26.3 Å². The first kappa shape index (κ1) is 18.2. The number of rotatable bonds is 9. The summed E-state index contributed by atoms with van der Waals surface area (Å²) in [5, 5.41) is 0. The van der Waals surface area contributed by atoms with Crippen LogP contribution in [-0.2, 0) is 9.53 Å². The van der Waals surface area contributed by atoms with Gasteiger partial charge in [0.1, 0.15) is 6.54 Å². The van der Waals surface area contributed by atoms with Gasteiger partial charge in [-0.25, -0.2) is 0 Å². The topological polar surface area (TPSA) is 55.6 Å². The van der Waals surface area contributed by atoms with Crippen LogP contribution >= 0.6 is 0 Å². The van der Waals surface area contributed by atoms with Crippen molar-refractivity contribution in [1.82, 2.24) is 4.90 Å². The van der Waals surface area contributed by atoms with Gasteiger partial charge in [-0.15, -0.1) is 0 Å². The molecular weight excluding hydrogens is 261 g/mol. The van der Waals surface area contributed by atoms with Gasteiger partial charge in [0.05, 0.1) is 0 Å². The predicted octanol–water partition coefficient (Wildman–Crippen LogP) is 1.93. The Morgan fingerprint density at radius 1 is 1.42 bits per heavy atom. The lowest BCUT2D eigenvalue weighted by atomic mass is 10.2. The molecule has 0 bridgehead atoms. The Hall–Kier alpha value is -0.820. The molecule has 0 aromatic rings. The van der Waals surface area contributed by atoms with Crippen molar-refractivity contribution in [2.24, 2.45) is 5.73 Å². The summed E-state index contributed by atoms with van der Waals surface area (Å²) in [5.74, 6) is -0.508. The molecule has 0 aromatic heterocycles. The molecule has 0 heterocycles. The number of amides is 1. The molecular formula is C12H23F3N2O2. The van der Waals surface area contributed by atoms with Crippen LogP contribution in [0.5, 0.6) is 0 Å². The van der Waals surface area contributed by atoms with Crippen molar-refractivity contribution in [3.63, 3.8) is 0 Å². The fraction of sp³-hybridized carbons (Fsp3) is 0.917. The minimum absolute atomic E-state index is 0.0440. The molecule has 0 aromatic carbocycles. The Bertz CT molecular complexity index is 258. The van der Waals surface area contributed by atoms with Crippen LogP contribution in [0.3, 0.4) is 0 Å². The highest BCUT2D eigenvalue weighted by atomic mass is 19.4. The molecule has 0 spiro atoms. The van der Waals surface area contributed by atoms with Crippen molar-refractivity contribution >= 4 is 5.91 Å². The van der Waals surface area contributed by atoms with E-state index in [1.54, 1.807) is 13.8 Å². The van der Waals surface area contributed by atoms with Gasteiger partial charge in [-0.2, -0.15) is 13.2 Å². The molecule has 0 aliphatic carbocycles. The van der Waals surface area contributed by atoms with Crippen LogP contribution in [-0.4, -0.2) is 49.3 Å². The minimum Gasteiger partial charge on any atom is -0.382 e. The molecule has 1 atom stereocenters. The number of alkyl halides is 3. The van der Waals surface area contributed by atoms with Gasteiger partial charge in [0.2, 0.25) is 5.91 Å². The van der Waals surface area contributed by atoms with Crippen molar-refractivity contribution < 1.29 is 22.7 Å². The third-order valence-electron chi connectivity index (χ3n) is 2.46. The Morgan fingerprint density at radius 3 is 2.53 bits per heavy atom. The molecule has 0 aliphatic rings. The first-order valence-electron chi connectivity index (χ1n) is 6.44. The maximum atomic E-state index is 12.4. The van der Waals surface area contributed by atoms with Crippen molar-refractivity contribution in [3.8, 4) is 0 Å². The van der Waals surface area contributed by atoms with Gasteiger partial charge >= 0.3 is 6.18 Å². The zero-order valence-corrected chi connectivity index (χ0v) is 11.5. The number of hydrogen-bond acceptors (Lipinski definition) is 3. The molecule has 7 heteroatoms. The summed E-state index contributed by atoms with van der Waals surface area (Å²) >= 11 is 0. The molecule has 19 heavy (non-hydrogen) atoms. The van der Waals surface area contributed by atoms with Gasteiger partial charge < -0.3 is 15.4 Å². The summed E-state index contributed by atoms with van der Waals surface area (Å²) in [6.45, 7) is 3.23. The monoisotopic (exact) mass is 284 g/mol. The Kier molecular flexibility index (Phi) is 8.75. The van der Waals surface area contributed by atoms with E-state index in [2.05, 4.69) is 0 Å². The van der Waals surface area contributed by atoms with Crippen molar-refractivity contribution in [2.45, 2.75) is 45.3 Å². The number of nitrogens with zero attached hydrogens (tertiary/aromatic N) is 1. The molecule has 114 valence electrons. The van der Waals surface area contributed by atoms with Crippen LogP contribution in [0, 0.1) is 0 Å². The molecule has 0 fully saturated rings. The highest BCUT2D eigenvalue weighted by Gasteiger charge is 2.32. The fourth-order valence-electron chi connectivity index (χ4n) is 1.52. The molecule has 0 radical (unpaired) electrons. The van der Waals surface area contributed by atoms with Gasteiger partial charge in [-0.3, -0.25) is 4.79 Å². The van der Waals surface area contributed by atoms with E-state index in [1.807, 2.05) is 0 Å². The summed E-state index contributed by atoms with van der Waals surface area (Å²) in [6.07, 6.45) is -3.55. The second-order valence-electron chi connectivity index (χ2n) is 4.50. The van der Waals surface area contributed by atoms with E-state index >= 15 is 0 Å². The van der Waals surface area contributed by atoms with Crippen LogP contribution in [0.4, 0.5) is 13.2 Å². The molecule has 0 rings (SSSR count). The molecule has 0 saturated heterocycles. The molecule has 1 amide bonds. The van der Waals surface area contributed by atoms with Crippen LogP contribution in [0.1, 0.15) is 33.1 Å². The third kappa shape index (κ3) is 10.8. The first-order chi connectivity index (χ1) is 8.76. The summed E-state index contributed by atoms with van der Waals surface area (Å²) in [5.41, 5.74) is 5.49. The van der Waals surface area contributed by atoms with E-state index < -0.39 is 18.6 Å². The summed E-state index contributed by atoms with van der Waals surface area (Å²) in [7, 11) is 0. The smallest absolute Gasteiger partial charge is 0.382 e. The number of ether oxygens (including phenoxy) is 1. The van der Waals surface area contributed by atoms with Gasteiger partial charge in [0.25, 0.3) is 0 Å². The number of nitrogens with two attached hydrogens (primary N) is 1. The highest BCUT2D eigenvalue weighted by Crippen LogP contribution is 2.17. The van der Waals surface area contributed by atoms with Crippen LogP contribution in [0.2, 0.25) is 0 Å². The molecule has 0 saturated carbocycles. The maximum absolute atomic E-state index is 12.4. The van der Waals surface area contributed by atoms with Gasteiger partial charge in [0, 0.05) is 32.2 Å². The number of carbonyl (C=O) groups excluding carboxylic acids is 1. The van der Waals surface area contributed by atoms with Crippen LogP contribution in [0.25, 0.3) is 0 Å². The van der Waals surface area contributed by atoms with E-state index in [9.17, 15) is 18.0 Å². The Morgan fingerprint density at radius 2 is 2.05 bits per heavy atom. The minimum atomic E-state index is -4.38. The zero-order chi connectivity index (χ0) is 14.9. The van der Waals surface area contributed by atoms with E-state index in [-0.39, 0.29) is 19.0 Å². The number of carbonyl (C=O) groups is 1.